The smallest absolute Gasteiger partial charge is 0.341 e. The third-order valence-corrected chi connectivity index (χ3v) is 9.03. The van der Waals surface area contributed by atoms with Crippen molar-refractivity contribution in [3.05, 3.63) is 45.8 Å². The normalized spacial score (nSPS) is 17.3. The highest BCUT2D eigenvalue weighted by molar-refractivity contribution is 7.80. The number of nitrogens with one attached hydrogen (secondary N) is 2. The van der Waals surface area contributed by atoms with Gasteiger partial charge in [0.05, 0.1) is 17.9 Å². The number of nitrogens with zero attached hydrogens (tertiary/aromatic N) is 1. The highest BCUT2D eigenvalue weighted by Gasteiger charge is 2.36. The number of rotatable bonds is 7. The largest absolute Gasteiger partial charge is 0.462 e. The fourth-order valence-corrected chi connectivity index (χ4v) is 6.56. The molecule has 0 spiro atoms. The van der Waals surface area contributed by atoms with Crippen LogP contribution in [-0.4, -0.2) is 35.4 Å². The molecule has 0 unspecified atom stereocenters. The molecule has 1 atom stereocenters. The number of thiophene rings is 1. The van der Waals surface area contributed by atoms with Crippen molar-refractivity contribution in [2.75, 3.05) is 16.8 Å². The van der Waals surface area contributed by atoms with Gasteiger partial charge < -0.3 is 10.1 Å². The Morgan fingerprint density at radius 2 is 1.76 bits per heavy atom. The number of hydrogen-bond acceptors (Lipinski definition) is 7. The SMILES string of the molecule is CCOC(=O)c1c(NC(=S)NC(=O)c2ccc(N3C(=O)CCC3=O)cc2)sc2c1CC[C@@H](C(C)(C)CC)C2. The average Bonchev–Trinajstić information content (AvgIpc) is 3.41. The number of hydrogen-bond donors (Lipinski definition) is 2. The maximum atomic E-state index is 12.9. The zero-order valence-corrected chi connectivity index (χ0v) is 23.8. The molecule has 1 saturated heterocycles. The molecule has 4 rings (SSSR count). The number of esters is 1. The maximum absolute atomic E-state index is 12.9. The van der Waals surface area contributed by atoms with Gasteiger partial charge in [0.2, 0.25) is 11.8 Å². The van der Waals surface area contributed by atoms with Gasteiger partial charge in [-0.05, 0) is 79.6 Å². The van der Waals surface area contributed by atoms with Crippen molar-refractivity contribution in [2.45, 2.75) is 66.2 Å². The molecular formula is C28H33N3O5S2. The molecule has 38 heavy (non-hydrogen) atoms. The molecule has 0 radical (unpaired) electrons. The van der Waals surface area contributed by atoms with E-state index in [-0.39, 0.29) is 41.8 Å². The summed E-state index contributed by atoms with van der Waals surface area (Å²) >= 11 is 6.92. The molecule has 8 nitrogen and oxygen atoms in total. The van der Waals surface area contributed by atoms with Crippen LogP contribution in [0.2, 0.25) is 0 Å². The van der Waals surface area contributed by atoms with Crippen LogP contribution in [0.4, 0.5) is 10.7 Å². The van der Waals surface area contributed by atoms with E-state index in [1.54, 1.807) is 19.1 Å². The minimum Gasteiger partial charge on any atom is -0.462 e. The summed E-state index contributed by atoms with van der Waals surface area (Å²) in [6, 6.07) is 6.20. The quantitative estimate of drug-likeness (QED) is 0.273. The highest BCUT2D eigenvalue weighted by Crippen LogP contribution is 2.45. The molecule has 2 N–H and O–H groups in total. The first-order valence-corrected chi connectivity index (χ1v) is 14.2. The highest BCUT2D eigenvalue weighted by atomic mass is 32.1. The molecule has 1 aliphatic heterocycles. The number of fused-ring (bicyclic) bond motifs is 1. The van der Waals surface area contributed by atoms with E-state index >= 15 is 0 Å². The van der Waals surface area contributed by atoms with Crippen molar-refractivity contribution in [3.63, 3.8) is 0 Å². The molecule has 0 bridgehead atoms. The topological polar surface area (TPSA) is 105 Å². The molecule has 2 heterocycles. The molecule has 1 fully saturated rings. The Kier molecular flexibility index (Phi) is 8.32. The van der Waals surface area contributed by atoms with Crippen molar-refractivity contribution < 1.29 is 23.9 Å². The summed E-state index contributed by atoms with van der Waals surface area (Å²) in [5, 5.41) is 6.37. The van der Waals surface area contributed by atoms with E-state index in [1.165, 1.54) is 23.5 Å². The van der Waals surface area contributed by atoms with Crippen LogP contribution in [0.15, 0.2) is 24.3 Å². The van der Waals surface area contributed by atoms with Gasteiger partial charge in [0.15, 0.2) is 5.11 Å². The number of amides is 3. The lowest BCUT2D eigenvalue weighted by Gasteiger charge is -2.36. The Labute approximate surface area is 232 Å². The molecule has 202 valence electrons. The van der Waals surface area contributed by atoms with Crippen LogP contribution < -0.4 is 15.5 Å². The lowest BCUT2D eigenvalue weighted by molar-refractivity contribution is -0.121. The van der Waals surface area contributed by atoms with Crippen LogP contribution >= 0.6 is 23.6 Å². The Hall–Kier alpha value is -3.11. The van der Waals surface area contributed by atoms with Crippen molar-refractivity contribution >= 4 is 63.0 Å². The zero-order valence-electron chi connectivity index (χ0n) is 22.1. The van der Waals surface area contributed by atoms with Gasteiger partial charge in [-0.2, -0.15) is 0 Å². The Morgan fingerprint density at radius 3 is 2.37 bits per heavy atom. The van der Waals surface area contributed by atoms with E-state index < -0.39 is 11.9 Å². The summed E-state index contributed by atoms with van der Waals surface area (Å²) in [5.41, 5.74) is 2.46. The molecule has 10 heteroatoms. The molecule has 1 aliphatic carbocycles. The van der Waals surface area contributed by atoms with E-state index in [1.807, 2.05) is 0 Å². The first-order valence-electron chi connectivity index (χ1n) is 13.0. The molecule has 2 aliphatic rings. The van der Waals surface area contributed by atoms with Crippen LogP contribution in [-0.2, 0) is 27.2 Å². The summed E-state index contributed by atoms with van der Waals surface area (Å²) in [4.78, 5) is 52.0. The van der Waals surface area contributed by atoms with Crippen LogP contribution in [0.25, 0.3) is 0 Å². The zero-order chi connectivity index (χ0) is 27.6. The Balaban J connectivity index is 1.49. The fourth-order valence-electron chi connectivity index (χ4n) is 4.98. The van der Waals surface area contributed by atoms with Crippen LogP contribution in [0, 0.1) is 11.3 Å². The fraction of sp³-hybridized carbons (Fsp3) is 0.464. The lowest BCUT2D eigenvalue weighted by Crippen LogP contribution is -2.34. The molecule has 3 amide bonds. The minimum atomic E-state index is -0.447. The van der Waals surface area contributed by atoms with E-state index in [0.29, 0.717) is 27.7 Å². The van der Waals surface area contributed by atoms with Crippen molar-refractivity contribution in [1.82, 2.24) is 5.32 Å². The summed E-state index contributed by atoms with van der Waals surface area (Å²) < 4.78 is 5.35. The Morgan fingerprint density at radius 1 is 1.11 bits per heavy atom. The first-order chi connectivity index (χ1) is 18.1. The van der Waals surface area contributed by atoms with Crippen LogP contribution in [0.3, 0.4) is 0 Å². The van der Waals surface area contributed by atoms with Gasteiger partial charge in [-0.3, -0.25) is 24.6 Å². The third-order valence-electron chi connectivity index (χ3n) is 7.65. The van der Waals surface area contributed by atoms with E-state index in [9.17, 15) is 19.2 Å². The molecule has 0 saturated carbocycles. The van der Waals surface area contributed by atoms with Crippen molar-refractivity contribution in [2.24, 2.45) is 11.3 Å². The van der Waals surface area contributed by atoms with E-state index in [4.69, 9.17) is 17.0 Å². The molecule has 2 aromatic rings. The van der Waals surface area contributed by atoms with Gasteiger partial charge in [-0.25, -0.2) is 4.79 Å². The number of thiocarbonyl (C=S) groups is 1. The number of ether oxygens (including phenoxy) is 1. The number of benzene rings is 1. The molecule has 1 aromatic heterocycles. The average molecular weight is 556 g/mol. The predicted octanol–water partition coefficient (Wildman–Crippen LogP) is 5.25. The molecular weight excluding hydrogens is 522 g/mol. The lowest BCUT2D eigenvalue weighted by atomic mass is 9.69. The van der Waals surface area contributed by atoms with Gasteiger partial charge in [0.25, 0.3) is 5.91 Å². The van der Waals surface area contributed by atoms with Crippen LogP contribution in [0.1, 0.15) is 84.5 Å². The Bertz CT molecular complexity index is 1270. The minimum absolute atomic E-state index is 0.0681. The summed E-state index contributed by atoms with van der Waals surface area (Å²) in [5.74, 6) is -0.827. The number of carbonyl (C=O) groups is 4. The summed E-state index contributed by atoms with van der Waals surface area (Å²) in [7, 11) is 0. The van der Waals surface area contributed by atoms with Gasteiger partial charge >= 0.3 is 5.97 Å². The van der Waals surface area contributed by atoms with Gasteiger partial charge in [-0.1, -0.05) is 27.2 Å². The second-order valence-corrected chi connectivity index (χ2v) is 11.8. The third kappa shape index (κ3) is 5.66. The predicted molar refractivity (Wildman–Crippen MR) is 152 cm³/mol. The van der Waals surface area contributed by atoms with Crippen molar-refractivity contribution in [1.29, 1.82) is 0 Å². The standard InChI is InChI=1S/C28H33N3O5S2/c1-5-28(3,4)17-9-12-19-20(15-17)38-25(23(19)26(35)36-6-2)30-27(37)29-24(34)16-7-10-18(11-8-16)31-21(32)13-14-22(31)33/h7-8,10-11,17H,5-6,9,12-15H2,1-4H3,(H2,29,30,34,37)/t17-/m1/s1. The van der Waals surface area contributed by atoms with Crippen molar-refractivity contribution in [3.8, 4) is 0 Å². The number of carbonyl (C=O) groups excluding carboxylic acids is 4. The van der Waals surface area contributed by atoms with Gasteiger partial charge in [0.1, 0.15) is 5.00 Å². The monoisotopic (exact) mass is 555 g/mol. The summed E-state index contributed by atoms with van der Waals surface area (Å²) in [6.07, 6.45) is 4.15. The van der Waals surface area contributed by atoms with Crippen LogP contribution in [0.5, 0.6) is 0 Å². The summed E-state index contributed by atoms with van der Waals surface area (Å²) in [6.45, 7) is 8.83. The number of imide groups is 1. The second-order valence-electron chi connectivity index (χ2n) is 10.3. The second kappa shape index (κ2) is 11.3. The van der Waals surface area contributed by atoms with E-state index in [2.05, 4.69) is 31.4 Å². The first kappa shape index (κ1) is 27.9. The van der Waals surface area contributed by atoms with E-state index in [0.717, 1.165) is 41.0 Å². The van der Waals surface area contributed by atoms with Gasteiger partial charge in [-0.15, -0.1) is 11.3 Å². The van der Waals surface area contributed by atoms with Gasteiger partial charge in [0, 0.05) is 23.3 Å². The maximum Gasteiger partial charge on any atom is 0.341 e. The number of anilines is 2. The molecule has 1 aromatic carbocycles.